The zero-order valence-corrected chi connectivity index (χ0v) is 22.5. The van der Waals surface area contributed by atoms with Crippen molar-refractivity contribution in [1.29, 1.82) is 0 Å². The van der Waals surface area contributed by atoms with Crippen LogP contribution in [0.1, 0.15) is 60.6 Å². The van der Waals surface area contributed by atoms with Crippen LogP contribution in [0.25, 0.3) is 11.1 Å². The SMILES string of the molecule is COc1cc(F)c(C(C)C)cc1-c1ccc(N)cc1CN1C(=O)O[C@H](c2cc(C(F)(F)F)cc(C(F)(F)F)c2)C1C. The molecule has 0 aromatic heterocycles. The smallest absolute Gasteiger partial charge is 0.416 e. The van der Waals surface area contributed by atoms with Gasteiger partial charge in [0, 0.05) is 17.3 Å². The molecule has 4 rings (SSSR count). The molecule has 12 heteroatoms. The molecule has 1 aliphatic heterocycles. The maximum absolute atomic E-state index is 14.7. The zero-order chi connectivity index (χ0) is 30.4. The fraction of sp³-hybridized carbons (Fsp3) is 0.345. The van der Waals surface area contributed by atoms with Gasteiger partial charge in [0.15, 0.2) is 0 Å². The molecule has 0 aliphatic carbocycles. The molecule has 5 nitrogen and oxygen atoms in total. The van der Waals surface area contributed by atoms with Crippen LogP contribution in [-0.4, -0.2) is 24.1 Å². The first-order chi connectivity index (χ1) is 19.0. The van der Waals surface area contributed by atoms with E-state index in [-0.39, 0.29) is 24.3 Å². The Bertz CT molecular complexity index is 1440. The quantitative estimate of drug-likeness (QED) is 0.234. The van der Waals surface area contributed by atoms with Crippen LogP contribution in [-0.2, 0) is 23.6 Å². The molecule has 2 atom stereocenters. The Morgan fingerprint density at radius 1 is 0.951 bits per heavy atom. The number of nitrogen functional groups attached to an aromatic ring is 1. The lowest BCUT2D eigenvalue weighted by Gasteiger charge is -2.24. The Morgan fingerprint density at radius 2 is 1.56 bits per heavy atom. The minimum Gasteiger partial charge on any atom is -0.496 e. The Kier molecular flexibility index (Phi) is 7.90. The number of nitrogens with two attached hydrogens (primary N) is 1. The monoisotopic (exact) mass is 584 g/mol. The maximum atomic E-state index is 14.7. The Morgan fingerprint density at radius 3 is 2.10 bits per heavy atom. The second-order valence-corrected chi connectivity index (χ2v) is 10.2. The molecule has 0 saturated carbocycles. The Hall–Kier alpha value is -3.96. The number of anilines is 1. The molecule has 1 heterocycles. The van der Waals surface area contributed by atoms with E-state index in [9.17, 15) is 35.5 Å². The van der Waals surface area contributed by atoms with E-state index in [1.165, 1.54) is 25.0 Å². The van der Waals surface area contributed by atoms with Crippen molar-refractivity contribution in [1.82, 2.24) is 4.90 Å². The van der Waals surface area contributed by atoms with Gasteiger partial charge in [-0.25, -0.2) is 9.18 Å². The molecule has 3 aromatic carbocycles. The van der Waals surface area contributed by atoms with Crippen LogP contribution in [0.3, 0.4) is 0 Å². The van der Waals surface area contributed by atoms with Crippen molar-refractivity contribution in [3.05, 3.63) is 82.2 Å². The number of hydrogen-bond donors (Lipinski definition) is 1. The third kappa shape index (κ3) is 6.06. The van der Waals surface area contributed by atoms with Gasteiger partial charge in [0.1, 0.15) is 17.7 Å². The lowest BCUT2D eigenvalue weighted by atomic mass is 9.92. The van der Waals surface area contributed by atoms with Crippen molar-refractivity contribution in [3.63, 3.8) is 0 Å². The summed E-state index contributed by atoms with van der Waals surface area (Å²) in [5.74, 6) is -0.409. The molecule has 1 saturated heterocycles. The highest BCUT2D eigenvalue weighted by Crippen LogP contribution is 2.42. The van der Waals surface area contributed by atoms with Gasteiger partial charge in [-0.1, -0.05) is 19.9 Å². The summed E-state index contributed by atoms with van der Waals surface area (Å²) in [7, 11) is 1.37. The fourth-order valence-electron chi connectivity index (χ4n) is 4.89. The molecule has 0 bridgehead atoms. The molecule has 1 amide bonds. The van der Waals surface area contributed by atoms with Crippen LogP contribution < -0.4 is 10.5 Å². The van der Waals surface area contributed by atoms with Gasteiger partial charge in [0.25, 0.3) is 0 Å². The predicted octanol–water partition coefficient (Wildman–Crippen LogP) is 8.33. The predicted molar refractivity (Wildman–Crippen MR) is 138 cm³/mol. The molecular weight excluding hydrogens is 557 g/mol. The number of benzene rings is 3. The number of cyclic esters (lactones) is 1. The number of carbonyl (C=O) groups is 1. The molecular formula is C29H27F7N2O3. The third-order valence-electron chi connectivity index (χ3n) is 7.03. The van der Waals surface area contributed by atoms with Crippen LogP contribution >= 0.6 is 0 Å². The van der Waals surface area contributed by atoms with Crippen LogP contribution in [0.2, 0.25) is 0 Å². The first-order valence-corrected chi connectivity index (χ1v) is 12.5. The minimum absolute atomic E-state index is 0.0171. The van der Waals surface area contributed by atoms with Gasteiger partial charge in [-0.2, -0.15) is 26.3 Å². The summed E-state index contributed by atoms with van der Waals surface area (Å²) in [4.78, 5) is 14.1. The average molecular weight is 585 g/mol. The van der Waals surface area contributed by atoms with E-state index >= 15 is 0 Å². The van der Waals surface area contributed by atoms with Gasteiger partial charge in [0.05, 0.1) is 30.8 Å². The standard InChI is InChI=1S/C29H27F7N2O3/c1-14(2)22-11-23(25(40-4)12-24(22)30)21-6-5-20(37)9-17(21)13-38-15(3)26(41-27(38)39)16-7-18(28(31,32)33)10-19(8-16)29(34,35)36/h5-12,14-15,26H,13,37H2,1-4H3/t15?,26-/m0/s1. The van der Waals surface area contributed by atoms with Crippen molar-refractivity contribution >= 4 is 11.8 Å². The lowest BCUT2D eigenvalue weighted by molar-refractivity contribution is -0.143. The number of halogens is 7. The van der Waals surface area contributed by atoms with E-state index in [2.05, 4.69) is 0 Å². The summed E-state index contributed by atoms with van der Waals surface area (Å²) in [5, 5.41) is 0. The van der Waals surface area contributed by atoms with Crippen molar-refractivity contribution in [2.45, 2.75) is 57.7 Å². The maximum Gasteiger partial charge on any atom is 0.416 e. The zero-order valence-electron chi connectivity index (χ0n) is 22.5. The number of rotatable bonds is 6. The number of amides is 1. The Labute approximate surface area is 231 Å². The molecule has 41 heavy (non-hydrogen) atoms. The molecule has 1 fully saturated rings. The number of nitrogens with zero attached hydrogens (tertiary/aromatic N) is 1. The van der Waals surface area contributed by atoms with E-state index in [1.54, 1.807) is 24.3 Å². The van der Waals surface area contributed by atoms with Crippen molar-refractivity contribution < 1.29 is 45.0 Å². The van der Waals surface area contributed by atoms with Gasteiger partial charge in [-0.15, -0.1) is 0 Å². The largest absolute Gasteiger partial charge is 0.496 e. The first kappa shape index (κ1) is 30.0. The van der Waals surface area contributed by atoms with E-state index in [4.69, 9.17) is 15.2 Å². The normalized spacial score (nSPS) is 17.8. The van der Waals surface area contributed by atoms with Crippen LogP contribution in [0.4, 0.5) is 41.2 Å². The van der Waals surface area contributed by atoms with Crippen molar-refractivity contribution in [3.8, 4) is 16.9 Å². The summed E-state index contributed by atoms with van der Waals surface area (Å²) in [6, 6.07) is 7.89. The summed E-state index contributed by atoms with van der Waals surface area (Å²) in [5.41, 5.74) is 4.84. The van der Waals surface area contributed by atoms with Gasteiger partial charge in [0.2, 0.25) is 0 Å². The van der Waals surface area contributed by atoms with Crippen LogP contribution in [0, 0.1) is 5.82 Å². The lowest BCUT2D eigenvalue weighted by Crippen LogP contribution is -2.31. The number of methoxy groups -OCH3 is 1. The van der Waals surface area contributed by atoms with Crippen molar-refractivity contribution in [2.75, 3.05) is 12.8 Å². The highest BCUT2D eigenvalue weighted by molar-refractivity contribution is 5.77. The molecule has 220 valence electrons. The molecule has 0 spiro atoms. The van der Waals surface area contributed by atoms with Gasteiger partial charge in [-0.05, 0) is 71.5 Å². The summed E-state index contributed by atoms with van der Waals surface area (Å²) < 4.78 is 106. The summed E-state index contributed by atoms with van der Waals surface area (Å²) >= 11 is 0. The van der Waals surface area contributed by atoms with E-state index in [0.717, 1.165) is 0 Å². The van der Waals surface area contributed by atoms with E-state index in [1.807, 2.05) is 13.8 Å². The molecule has 2 N–H and O–H groups in total. The highest BCUT2D eigenvalue weighted by Gasteiger charge is 2.43. The Balaban J connectivity index is 1.75. The van der Waals surface area contributed by atoms with Crippen LogP contribution in [0.15, 0.2) is 48.5 Å². The number of hydrogen-bond acceptors (Lipinski definition) is 4. The minimum atomic E-state index is -5.05. The molecule has 3 aromatic rings. The molecule has 1 aliphatic rings. The first-order valence-electron chi connectivity index (χ1n) is 12.5. The topological polar surface area (TPSA) is 64.8 Å². The molecule has 1 unspecified atom stereocenters. The second-order valence-electron chi connectivity index (χ2n) is 10.2. The number of alkyl halides is 6. The average Bonchev–Trinajstić information content (AvgIpc) is 3.15. The van der Waals surface area contributed by atoms with Gasteiger partial charge >= 0.3 is 18.4 Å². The van der Waals surface area contributed by atoms with Crippen LogP contribution in [0.5, 0.6) is 5.75 Å². The van der Waals surface area contributed by atoms with Gasteiger partial charge < -0.3 is 15.2 Å². The summed E-state index contributed by atoms with van der Waals surface area (Å²) in [6.45, 7) is 4.95. The second kappa shape index (κ2) is 10.8. The third-order valence-corrected chi connectivity index (χ3v) is 7.03. The number of ether oxygens (including phenoxy) is 2. The van der Waals surface area contributed by atoms with Crippen molar-refractivity contribution in [2.24, 2.45) is 0 Å². The van der Waals surface area contributed by atoms with Gasteiger partial charge in [-0.3, -0.25) is 4.90 Å². The number of carbonyl (C=O) groups excluding carboxylic acids is 1. The summed E-state index contributed by atoms with van der Waals surface area (Å²) in [6.07, 6.45) is -12.5. The highest BCUT2D eigenvalue weighted by atomic mass is 19.4. The fourth-order valence-corrected chi connectivity index (χ4v) is 4.89. The molecule has 0 radical (unpaired) electrons. The van der Waals surface area contributed by atoms with E-state index < -0.39 is 53.1 Å². The van der Waals surface area contributed by atoms with E-state index in [0.29, 0.717) is 40.1 Å².